The molecule has 4 rings (SSSR count). The quantitative estimate of drug-likeness (QED) is 0.523. The molecule has 1 heterocycles. The first-order chi connectivity index (χ1) is 15.0. The van der Waals surface area contributed by atoms with Crippen molar-refractivity contribution in [3.8, 4) is 17.2 Å². The van der Waals surface area contributed by atoms with Gasteiger partial charge in [0, 0.05) is 21.7 Å². The van der Waals surface area contributed by atoms with Crippen molar-refractivity contribution in [1.82, 2.24) is 0 Å². The first-order valence-electron chi connectivity index (χ1n) is 9.42. The maximum Gasteiger partial charge on any atom is 0.282 e. The maximum absolute atomic E-state index is 13.4. The zero-order valence-corrected chi connectivity index (χ0v) is 18.5. The summed E-state index contributed by atoms with van der Waals surface area (Å²) in [5.41, 5.74) is 2.34. The van der Waals surface area contributed by atoms with Gasteiger partial charge in [-0.15, -0.1) is 0 Å². The number of phenolic OH excluding ortho intramolecular Hbond substituents is 1. The van der Waals surface area contributed by atoms with E-state index in [1.807, 2.05) is 30.3 Å². The SMILES string of the molecule is COc1ccc(/C=C2/N=C(c3ccccc3Br)N(c3ccc(O)cc3)C2=O)c(OC)c1. The molecule has 1 N–H and O–H groups in total. The number of amides is 1. The van der Waals surface area contributed by atoms with Crippen LogP contribution in [0.25, 0.3) is 6.08 Å². The summed E-state index contributed by atoms with van der Waals surface area (Å²) in [6.45, 7) is 0. The zero-order chi connectivity index (χ0) is 22.0. The predicted molar refractivity (Wildman–Crippen MR) is 124 cm³/mol. The van der Waals surface area contributed by atoms with E-state index in [0.717, 1.165) is 10.0 Å². The number of phenols is 1. The van der Waals surface area contributed by atoms with Crippen LogP contribution < -0.4 is 14.4 Å². The molecule has 0 saturated carbocycles. The third kappa shape index (κ3) is 4.04. The number of carbonyl (C=O) groups excluding carboxylic acids is 1. The summed E-state index contributed by atoms with van der Waals surface area (Å²) >= 11 is 3.55. The number of anilines is 1. The van der Waals surface area contributed by atoms with Crippen molar-refractivity contribution in [2.45, 2.75) is 0 Å². The van der Waals surface area contributed by atoms with Crippen molar-refractivity contribution in [3.05, 3.63) is 88.0 Å². The number of amidine groups is 1. The number of rotatable bonds is 5. The largest absolute Gasteiger partial charge is 0.508 e. The van der Waals surface area contributed by atoms with Crippen molar-refractivity contribution in [3.63, 3.8) is 0 Å². The molecule has 0 fully saturated rings. The molecule has 31 heavy (non-hydrogen) atoms. The summed E-state index contributed by atoms with van der Waals surface area (Å²) < 4.78 is 11.5. The highest BCUT2D eigenvalue weighted by atomic mass is 79.9. The van der Waals surface area contributed by atoms with Crippen LogP contribution in [0.2, 0.25) is 0 Å². The Morgan fingerprint density at radius 1 is 1.00 bits per heavy atom. The van der Waals surface area contributed by atoms with Crippen molar-refractivity contribution in [2.75, 3.05) is 19.1 Å². The second-order valence-corrected chi connectivity index (χ2v) is 7.56. The molecule has 3 aromatic rings. The molecular formula is C24H19BrN2O4. The Labute approximate surface area is 188 Å². The molecule has 6 nitrogen and oxygen atoms in total. The molecule has 0 bridgehead atoms. The average molecular weight is 479 g/mol. The van der Waals surface area contributed by atoms with Crippen LogP contribution in [0.3, 0.4) is 0 Å². The molecule has 0 aliphatic carbocycles. The summed E-state index contributed by atoms with van der Waals surface area (Å²) in [6, 6.07) is 19.4. The smallest absolute Gasteiger partial charge is 0.282 e. The van der Waals surface area contributed by atoms with E-state index in [4.69, 9.17) is 9.47 Å². The van der Waals surface area contributed by atoms with Gasteiger partial charge in [-0.05, 0) is 48.5 Å². The lowest BCUT2D eigenvalue weighted by Gasteiger charge is -2.19. The van der Waals surface area contributed by atoms with E-state index in [0.29, 0.717) is 28.6 Å². The topological polar surface area (TPSA) is 71.4 Å². The third-order valence-electron chi connectivity index (χ3n) is 4.82. The molecule has 0 spiro atoms. The first kappa shape index (κ1) is 20.7. The Bertz CT molecular complexity index is 1200. The standard InChI is InChI=1S/C24H19BrN2O4/c1-30-18-12-7-15(22(14-18)31-2)13-21-24(29)27(16-8-10-17(28)11-9-16)23(26-21)19-5-3-4-6-20(19)25/h3-14,28H,1-2H3/b21-13+. The van der Waals surface area contributed by atoms with E-state index < -0.39 is 0 Å². The molecule has 1 aliphatic heterocycles. The lowest BCUT2D eigenvalue weighted by molar-refractivity contribution is -0.113. The van der Waals surface area contributed by atoms with Gasteiger partial charge in [-0.1, -0.05) is 34.1 Å². The molecule has 1 amide bonds. The van der Waals surface area contributed by atoms with Crippen molar-refractivity contribution in [1.29, 1.82) is 0 Å². The highest BCUT2D eigenvalue weighted by Crippen LogP contribution is 2.33. The zero-order valence-electron chi connectivity index (χ0n) is 16.9. The minimum absolute atomic E-state index is 0.119. The van der Waals surface area contributed by atoms with Crippen LogP contribution in [0.5, 0.6) is 17.2 Å². The molecular weight excluding hydrogens is 460 g/mol. The van der Waals surface area contributed by atoms with Crippen LogP contribution in [-0.4, -0.2) is 31.1 Å². The Hall–Kier alpha value is -3.58. The van der Waals surface area contributed by atoms with Crippen LogP contribution in [0.1, 0.15) is 11.1 Å². The van der Waals surface area contributed by atoms with Crippen LogP contribution in [0.4, 0.5) is 5.69 Å². The van der Waals surface area contributed by atoms with E-state index in [1.165, 1.54) is 17.0 Å². The number of methoxy groups -OCH3 is 2. The summed E-state index contributed by atoms with van der Waals surface area (Å²) in [6.07, 6.45) is 1.69. The van der Waals surface area contributed by atoms with Gasteiger partial charge in [-0.3, -0.25) is 9.69 Å². The Kier molecular flexibility index (Phi) is 5.77. The van der Waals surface area contributed by atoms with Gasteiger partial charge in [0.2, 0.25) is 0 Å². The number of hydrogen-bond donors (Lipinski definition) is 1. The van der Waals surface area contributed by atoms with Gasteiger partial charge in [-0.2, -0.15) is 0 Å². The average Bonchev–Trinajstić information content (AvgIpc) is 3.10. The van der Waals surface area contributed by atoms with Gasteiger partial charge in [0.05, 0.1) is 19.9 Å². The number of carbonyl (C=O) groups is 1. The van der Waals surface area contributed by atoms with E-state index in [-0.39, 0.29) is 17.4 Å². The van der Waals surface area contributed by atoms with E-state index >= 15 is 0 Å². The van der Waals surface area contributed by atoms with E-state index in [2.05, 4.69) is 20.9 Å². The highest BCUT2D eigenvalue weighted by Gasteiger charge is 2.33. The van der Waals surface area contributed by atoms with E-state index in [9.17, 15) is 9.90 Å². The lowest BCUT2D eigenvalue weighted by atomic mass is 10.1. The highest BCUT2D eigenvalue weighted by molar-refractivity contribution is 9.10. The van der Waals surface area contributed by atoms with Gasteiger partial charge in [0.25, 0.3) is 5.91 Å². The molecule has 0 unspecified atom stereocenters. The molecule has 7 heteroatoms. The summed E-state index contributed by atoms with van der Waals surface area (Å²) in [4.78, 5) is 19.6. The van der Waals surface area contributed by atoms with Gasteiger partial charge in [0.1, 0.15) is 28.8 Å². The molecule has 0 atom stereocenters. The number of nitrogens with zero attached hydrogens (tertiary/aromatic N) is 2. The van der Waals surface area contributed by atoms with Gasteiger partial charge in [0.15, 0.2) is 0 Å². The van der Waals surface area contributed by atoms with Crippen molar-refractivity contribution >= 4 is 39.4 Å². The Morgan fingerprint density at radius 3 is 2.42 bits per heavy atom. The fraction of sp³-hybridized carbons (Fsp3) is 0.0833. The normalized spacial score (nSPS) is 14.7. The van der Waals surface area contributed by atoms with Gasteiger partial charge in [-0.25, -0.2) is 4.99 Å². The number of aromatic hydroxyl groups is 1. The Morgan fingerprint density at radius 2 is 1.74 bits per heavy atom. The number of benzene rings is 3. The third-order valence-corrected chi connectivity index (χ3v) is 5.51. The molecule has 1 aliphatic rings. The summed E-state index contributed by atoms with van der Waals surface area (Å²) in [5, 5.41) is 9.66. The van der Waals surface area contributed by atoms with Crippen molar-refractivity contribution < 1.29 is 19.4 Å². The van der Waals surface area contributed by atoms with Crippen LogP contribution >= 0.6 is 15.9 Å². The van der Waals surface area contributed by atoms with Crippen LogP contribution in [0, 0.1) is 0 Å². The molecule has 0 saturated heterocycles. The summed E-state index contributed by atoms with van der Waals surface area (Å²) in [7, 11) is 3.14. The van der Waals surface area contributed by atoms with E-state index in [1.54, 1.807) is 44.6 Å². The molecule has 0 radical (unpaired) electrons. The first-order valence-corrected chi connectivity index (χ1v) is 10.2. The number of halogens is 1. The maximum atomic E-state index is 13.4. The minimum Gasteiger partial charge on any atom is -0.508 e. The molecule has 3 aromatic carbocycles. The minimum atomic E-state index is -0.283. The summed E-state index contributed by atoms with van der Waals surface area (Å²) in [5.74, 6) is 1.55. The fourth-order valence-electron chi connectivity index (χ4n) is 3.27. The molecule has 156 valence electrons. The second kappa shape index (κ2) is 8.65. The van der Waals surface area contributed by atoms with Gasteiger partial charge >= 0.3 is 0 Å². The fourth-order valence-corrected chi connectivity index (χ4v) is 3.73. The molecule has 0 aromatic heterocycles. The predicted octanol–water partition coefficient (Wildman–Crippen LogP) is 5.01. The lowest BCUT2D eigenvalue weighted by Crippen LogP contribution is -2.32. The Balaban J connectivity index is 1.85. The van der Waals surface area contributed by atoms with Crippen molar-refractivity contribution in [2.24, 2.45) is 4.99 Å². The second-order valence-electron chi connectivity index (χ2n) is 6.71. The van der Waals surface area contributed by atoms with Gasteiger partial charge < -0.3 is 14.6 Å². The van der Waals surface area contributed by atoms with Crippen LogP contribution in [-0.2, 0) is 4.79 Å². The number of hydrogen-bond acceptors (Lipinski definition) is 5. The number of aliphatic imine (C=N–C) groups is 1. The van der Waals surface area contributed by atoms with Crippen LogP contribution in [0.15, 0.2) is 81.9 Å². The monoisotopic (exact) mass is 478 g/mol. The number of ether oxygens (including phenoxy) is 2.